The third kappa shape index (κ3) is 3.16. The Morgan fingerprint density at radius 1 is 1.30 bits per heavy atom. The van der Waals surface area contributed by atoms with Crippen LogP contribution in [0.15, 0.2) is 30.3 Å². The minimum Gasteiger partial charge on any atom is -0.478 e. The summed E-state index contributed by atoms with van der Waals surface area (Å²) in [7, 11) is 0. The van der Waals surface area contributed by atoms with E-state index in [1.165, 1.54) is 23.5 Å². The molecular formula is C14H13NO4S. The van der Waals surface area contributed by atoms with Gasteiger partial charge in [0.25, 0.3) is 0 Å². The number of nitrogen functional groups attached to an aromatic ring is 1. The number of aromatic carboxylic acids is 1. The van der Waals surface area contributed by atoms with E-state index >= 15 is 0 Å². The van der Waals surface area contributed by atoms with Crippen LogP contribution in [0.1, 0.15) is 30.5 Å². The molecule has 0 aliphatic rings. The van der Waals surface area contributed by atoms with Crippen molar-refractivity contribution in [2.75, 3.05) is 5.73 Å². The number of aryl methyl sites for hydroxylation is 1. The quantitative estimate of drug-likeness (QED) is 0.845. The number of benzene rings is 1. The van der Waals surface area contributed by atoms with Crippen LogP contribution in [-0.4, -0.2) is 17.0 Å². The predicted octanol–water partition coefficient (Wildman–Crippen LogP) is 2.69. The summed E-state index contributed by atoms with van der Waals surface area (Å²) in [4.78, 5) is 23.8. The van der Waals surface area contributed by atoms with E-state index in [1.807, 2.05) is 6.92 Å². The van der Waals surface area contributed by atoms with Gasteiger partial charge in [0.05, 0.1) is 5.56 Å². The molecule has 0 aliphatic carbocycles. The number of carboxylic acids is 1. The van der Waals surface area contributed by atoms with E-state index in [0.29, 0.717) is 10.6 Å². The maximum atomic E-state index is 11.8. The highest BCUT2D eigenvalue weighted by Crippen LogP contribution is 2.24. The fourth-order valence-electron chi connectivity index (χ4n) is 1.56. The minimum atomic E-state index is -0.988. The van der Waals surface area contributed by atoms with E-state index in [4.69, 9.17) is 15.6 Å². The van der Waals surface area contributed by atoms with Crippen molar-refractivity contribution in [3.8, 4) is 0 Å². The molecule has 1 heterocycles. The molecule has 0 radical (unpaired) electrons. The second-order valence-corrected chi connectivity index (χ2v) is 5.46. The lowest BCUT2D eigenvalue weighted by Crippen LogP contribution is -2.03. The van der Waals surface area contributed by atoms with Crippen LogP contribution in [0, 0.1) is 6.92 Å². The highest BCUT2D eigenvalue weighted by Gasteiger charge is 2.12. The van der Waals surface area contributed by atoms with Gasteiger partial charge >= 0.3 is 11.9 Å². The van der Waals surface area contributed by atoms with E-state index in [2.05, 4.69) is 0 Å². The smallest absolute Gasteiger partial charge is 0.348 e. The van der Waals surface area contributed by atoms with E-state index < -0.39 is 11.9 Å². The molecule has 5 nitrogen and oxygen atoms in total. The van der Waals surface area contributed by atoms with Gasteiger partial charge in [0.1, 0.15) is 11.5 Å². The summed E-state index contributed by atoms with van der Waals surface area (Å²) in [6.07, 6.45) is 0. The van der Waals surface area contributed by atoms with E-state index in [-0.39, 0.29) is 12.2 Å². The first-order chi connectivity index (χ1) is 9.47. The maximum Gasteiger partial charge on any atom is 0.348 e. The largest absolute Gasteiger partial charge is 0.478 e. The van der Waals surface area contributed by atoms with Crippen LogP contribution in [0.2, 0.25) is 0 Å². The van der Waals surface area contributed by atoms with Crippen molar-refractivity contribution in [2.45, 2.75) is 13.5 Å². The van der Waals surface area contributed by atoms with Gasteiger partial charge in [0.15, 0.2) is 0 Å². The molecule has 0 saturated carbocycles. The van der Waals surface area contributed by atoms with Gasteiger partial charge in [-0.3, -0.25) is 0 Å². The number of thiophene rings is 1. The first-order valence-corrected chi connectivity index (χ1v) is 6.64. The number of rotatable bonds is 4. The fraction of sp³-hybridized carbons (Fsp3) is 0.143. The molecule has 20 heavy (non-hydrogen) atoms. The molecule has 0 unspecified atom stereocenters. The Kier molecular flexibility index (Phi) is 4.05. The van der Waals surface area contributed by atoms with Gasteiger partial charge in [-0.25, -0.2) is 9.59 Å². The molecule has 2 rings (SSSR count). The SMILES string of the molecule is Cc1sc(C(=O)OCc2ccc(C(=O)O)cc2)cc1N. The van der Waals surface area contributed by atoms with Crippen LogP contribution in [-0.2, 0) is 11.3 Å². The van der Waals surface area contributed by atoms with E-state index in [9.17, 15) is 9.59 Å². The zero-order valence-corrected chi connectivity index (χ0v) is 11.6. The van der Waals surface area contributed by atoms with Gasteiger partial charge in [-0.1, -0.05) is 12.1 Å². The number of anilines is 1. The third-order valence-corrected chi connectivity index (χ3v) is 3.77. The van der Waals surface area contributed by atoms with Crippen LogP contribution < -0.4 is 5.73 Å². The molecule has 104 valence electrons. The molecule has 1 aromatic heterocycles. The van der Waals surface area contributed by atoms with Crippen LogP contribution >= 0.6 is 11.3 Å². The molecule has 2 aromatic rings. The van der Waals surface area contributed by atoms with Crippen LogP contribution in [0.5, 0.6) is 0 Å². The molecule has 0 spiro atoms. The number of ether oxygens (including phenoxy) is 1. The van der Waals surface area contributed by atoms with Crippen molar-refractivity contribution in [3.05, 3.63) is 51.2 Å². The number of esters is 1. The molecule has 0 bridgehead atoms. The lowest BCUT2D eigenvalue weighted by Gasteiger charge is -2.03. The average Bonchev–Trinajstić information content (AvgIpc) is 2.76. The third-order valence-electron chi connectivity index (χ3n) is 2.73. The molecule has 0 amide bonds. The van der Waals surface area contributed by atoms with Gasteiger partial charge in [-0.2, -0.15) is 0 Å². The summed E-state index contributed by atoms with van der Waals surface area (Å²) in [6, 6.07) is 7.77. The van der Waals surface area contributed by atoms with Gasteiger partial charge in [-0.05, 0) is 30.7 Å². The Bertz CT molecular complexity index is 626. The summed E-state index contributed by atoms with van der Waals surface area (Å²) >= 11 is 1.29. The highest BCUT2D eigenvalue weighted by atomic mass is 32.1. The van der Waals surface area contributed by atoms with Crippen molar-refractivity contribution in [3.63, 3.8) is 0 Å². The average molecular weight is 291 g/mol. The van der Waals surface area contributed by atoms with Crippen LogP contribution in [0.3, 0.4) is 0 Å². The van der Waals surface area contributed by atoms with Crippen LogP contribution in [0.25, 0.3) is 0 Å². The Morgan fingerprint density at radius 2 is 1.95 bits per heavy atom. The number of hydrogen-bond donors (Lipinski definition) is 2. The van der Waals surface area contributed by atoms with Crippen molar-refractivity contribution >= 4 is 29.0 Å². The highest BCUT2D eigenvalue weighted by molar-refractivity contribution is 7.14. The second-order valence-electron chi connectivity index (χ2n) is 4.20. The van der Waals surface area contributed by atoms with E-state index in [0.717, 1.165) is 10.4 Å². The Balaban J connectivity index is 1.98. The number of carbonyl (C=O) groups is 2. The zero-order chi connectivity index (χ0) is 14.7. The predicted molar refractivity (Wildman–Crippen MR) is 76.0 cm³/mol. The summed E-state index contributed by atoms with van der Waals surface area (Å²) in [5.41, 5.74) is 7.18. The minimum absolute atomic E-state index is 0.0928. The number of nitrogens with two attached hydrogens (primary N) is 1. The first-order valence-electron chi connectivity index (χ1n) is 5.82. The van der Waals surface area contributed by atoms with Gasteiger partial charge in [-0.15, -0.1) is 11.3 Å². The lowest BCUT2D eigenvalue weighted by molar-refractivity contribution is 0.0477. The summed E-state index contributed by atoms with van der Waals surface area (Å²) in [6.45, 7) is 1.93. The molecule has 0 aliphatic heterocycles. The second kappa shape index (κ2) is 5.75. The van der Waals surface area contributed by atoms with Gasteiger partial charge in [0.2, 0.25) is 0 Å². The lowest BCUT2D eigenvalue weighted by atomic mass is 10.1. The molecule has 0 fully saturated rings. The first kappa shape index (κ1) is 14.1. The summed E-state index contributed by atoms with van der Waals surface area (Å²) in [5.74, 6) is -1.42. The summed E-state index contributed by atoms with van der Waals surface area (Å²) in [5, 5.41) is 8.77. The fourth-order valence-corrected chi connectivity index (χ4v) is 2.40. The Morgan fingerprint density at radius 3 is 2.45 bits per heavy atom. The van der Waals surface area contributed by atoms with Crippen molar-refractivity contribution in [1.29, 1.82) is 0 Å². The molecule has 3 N–H and O–H groups in total. The van der Waals surface area contributed by atoms with Crippen molar-refractivity contribution in [2.24, 2.45) is 0 Å². The Hall–Kier alpha value is -2.34. The normalized spacial score (nSPS) is 10.2. The molecular weight excluding hydrogens is 278 g/mol. The van der Waals surface area contributed by atoms with E-state index in [1.54, 1.807) is 18.2 Å². The molecule has 0 atom stereocenters. The molecule has 1 aromatic carbocycles. The maximum absolute atomic E-state index is 11.8. The monoisotopic (exact) mass is 291 g/mol. The van der Waals surface area contributed by atoms with Gasteiger partial charge in [0, 0.05) is 10.6 Å². The number of carbonyl (C=O) groups excluding carboxylic acids is 1. The summed E-state index contributed by atoms with van der Waals surface area (Å²) < 4.78 is 5.15. The number of carboxylic acid groups (broad SMARTS) is 1. The standard InChI is InChI=1S/C14H13NO4S/c1-8-11(15)6-12(20-8)14(18)19-7-9-2-4-10(5-3-9)13(16)17/h2-6H,7,15H2,1H3,(H,16,17). The Labute approximate surface area is 119 Å². The zero-order valence-electron chi connectivity index (χ0n) is 10.8. The molecule has 6 heteroatoms. The van der Waals surface area contributed by atoms with Crippen molar-refractivity contribution in [1.82, 2.24) is 0 Å². The van der Waals surface area contributed by atoms with Gasteiger partial charge < -0.3 is 15.6 Å². The molecule has 0 saturated heterocycles. The topological polar surface area (TPSA) is 89.6 Å². The van der Waals surface area contributed by atoms with Crippen molar-refractivity contribution < 1.29 is 19.4 Å². The number of hydrogen-bond acceptors (Lipinski definition) is 5. The van der Waals surface area contributed by atoms with Crippen LogP contribution in [0.4, 0.5) is 5.69 Å².